The maximum atomic E-state index is 0. The van der Waals surface area contributed by atoms with Gasteiger partial charge in [-0.15, -0.1) is 0 Å². The summed E-state index contributed by atoms with van der Waals surface area (Å²) in [5, 5.41) is 0. The van der Waals surface area contributed by atoms with Gasteiger partial charge in [-0.25, -0.2) is 0 Å². The Morgan fingerprint density at radius 2 is 0.500 bits per heavy atom. The molecule has 0 atom stereocenters. The molecule has 0 aromatic rings. The fourth-order valence-electron chi connectivity index (χ4n) is 0. The van der Waals surface area contributed by atoms with Crippen LogP contribution in [0.4, 0.5) is 0 Å². The summed E-state index contributed by atoms with van der Waals surface area (Å²) in [4.78, 5) is 0. The Labute approximate surface area is 71.0 Å². The van der Waals surface area contributed by atoms with Gasteiger partial charge in [-0.05, 0) is 0 Å². The minimum absolute atomic E-state index is 0. The molecule has 0 amide bonds. The van der Waals surface area contributed by atoms with Crippen molar-refractivity contribution in [1.29, 1.82) is 0 Å². The minimum Gasteiger partial charge on any atom is -2.00 e. The van der Waals surface area contributed by atoms with Crippen LogP contribution in [0.25, 0.3) is 0 Å². The fourth-order valence-corrected chi connectivity index (χ4v) is 0. The molecule has 0 aromatic heterocycles. The van der Waals surface area contributed by atoms with E-state index in [1.807, 2.05) is 0 Å². The monoisotopic (exact) mass is 278 g/mol. The maximum absolute atomic E-state index is 0. The van der Waals surface area contributed by atoms with Crippen LogP contribution < -0.4 is 0 Å². The molecule has 0 aliphatic rings. The van der Waals surface area contributed by atoms with Crippen LogP contribution in [0.15, 0.2) is 0 Å². The van der Waals surface area contributed by atoms with Gasteiger partial charge in [0.25, 0.3) is 0 Å². The molecule has 0 N–H and O–H groups in total. The molecule has 34 valence electrons. The summed E-state index contributed by atoms with van der Waals surface area (Å²) in [5.74, 6) is 0. The molecule has 0 saturated carbocycles. The molecule has 0 heterocycles. The molecule has 2 radical (unpaired) electrons. The van der Waals surface area contributed by atoms with Crippen LogP contribution >= 0.6 is 0 Å². The molecule has 0 rings (SSSR count). The zero-order chi connectivity index (χ0) is 0. The van der Waals surface area contributed by atoms with Gasteiger partial charge in [0.15, 0.2) is 0 Å². The molecule has 0 bridgehead atoms. The number of hydrogen-bond donors (Lipinski definition) is 0. The maximum Gasteiger partial charge on any atom is 2.00 e. The van der Waals surface area contributed by atoms with E-state index in [0.29, 0.717) is 0 Å². The Kier molecular flexibility index (Phi) is 166. The molecular formula is Ag2S2. The predicted octanol–water partition coefficient (Wildman–Crippen LogP) is -0.00980. The van der Waals surface area contributed by atoms with Gasteiger partial charge in [0.2, 0.25) is 0 Å². The fraction of sp³-hybridized carbons (Fsp3) is 0. The van der Waals surface area contributed by atoms with Crippen LogP contribution in [-0.4, -0.2) is 0 Å². The van der Waals surface area contributed by atoms with E-state index in [9.17, 15) is 0 Å². The van der Waals surface area contributed by atoms with E-state index >= 15 is 0 Å². The van der Waals surface area contributed by atoms with Crippen molar-refractivity contribution in [3.63, 3.8) is 0 Å². The summed E-state index contributed by atoms with van der Waals surface area (Å²) in [5.41, 5.74) is 0. The first kappa shape index (κ1) is 34.9. The quantitative estimate of drug-likeness (QED) is 0.547. The molecule has 0 unspecified atom stereocenters. The van der Waals surface area contributed by atoms with E-state index in [-0.39, 0.29) is 71.8 Å². The SMILES string of the molecule is [Ag+2].[Ag+2].[S-2].[S-2]. The standard InChI is InChI=1S/2Ag.2S/q2*+2;2*-2. The molecule has 0 aliphatic heterocycles. The van der Waals surface area contributed by atoms with Crippen molar-refractivity contribution in [2.45, 2.75) is 0 Å². The van der Waals surface area contributed by atoms with E-state index in [2.05, 4.69) is 0 Å². The first-order chi connectivity index (χ1) is 0. The summed E-state index contributed by atoms with van der Waals surface area (Å²) in [7, 11) is 0. The molecule has 0 aliphatic carbocycles. The molecule has 4 heteroatoms. The van der Waals surface area contributed by atoms with Gasteiger partial charge < -0.3 is 27.0 Å². The van der Waals surface area contributed by atoms with Crippen LogP contribution in [0.3, 0.4) is 0 Å². The predicted molar refractivity (Wildman–Crippen MR) is 14.7 cm³/mol. The van der Waals surface area contributed by atoms with Gasteiger partial charge in [0.1, 0.15) is 0 Å². The number of hydrogen-bond acceptors (Lipinski definition) is 0. The van der Waals surface area contributed by atoms with E-state index in [1.165, 1.54) is 0 Å². The van der Waals surface area contributed by atoms with Crippen molar-refractivity contribution >= 4 is 27.0 Å². The van der Waals surface area contributed by atoms with Crippen molar-refractivity contribution < 1.29 is 44.8 Å². The Morgan fingerprint density at radius 3 is 0.500 bits per heavy atom. The smallest absolute Gasteiger partial charge is 2.00 e. The molecule has 0 aromatic carbocycles. The Morgan fingerprint density at radius 1 is 0.500 bits per heavy atom. The normalized spacial score (nSPS) is 0. The first-order valence-corrected chi connectivity index (χ1v) is 0. The largest absolute Gasteiger partial charge is 2.00 e. The summed E-state index contributed by atoms with van der Waals surface area (Å²) in [6.45, 7) is 0. The molecule has 4 heavy (non-hydrogen) atoms. The van der Waals surface area contributed by atoms with Crippen molar-refractivity contribution in [3.8, 4) is 0 Å². The summed E-state index contributed by atoms with van der Waals surface area (Å²) >= 11 is 0. The molecule has 0 spiro atoms. The van der Waals surface area contributed by atoms with E-state index in [0.717, 1.165) is 0 Å². The summed E-state index contributed by atoms with van der Waals surface area (Å²) < 4.78 is 0. The molecular weight excluding hydrogens is 280 g/mol. The van der Waals surface area contributed by atoms with Crippen molar-refractivity contribution in [3.05, 3.63) is 0 Å². The topological polar surface area (TPSA) is 0 Å². The second kappa shape index (κ2) is 19.0. The van der Waals surface area contributed by atoms with E-state index < -0.39 is 0 Å². The summed E-state index contributed by atoms with van der Waals surface area (Å²) in [6, 6.07) is 0. The van der Waals surface area contributed by atoms with Crippen LogP contribution in [0.1, 0.15) is 0 Å². The van der Waals surface area contributed by atoms with Crippen molar-refractivity contribution in [1.82, 2.24) is 0 Å². The second-order valence-electron chi connectivity index (χ2n) is 0. The van der Waals surface area contributed by atoms with Gasteiger partial charge >= 0.3 is 44.8 Å². The zero-order valence-electron chi connectivity index (χ0n) is 1.42. The third-order valence-electron chi connectivity index (χ3n) is 0. The summed E-state index contributed by atoms with van der Waals surface area (Å²) in [6.07, 6.45) is 0. The first-order valence-electron chi connectivity index (χ1n) is 0. The van der Waals surface area contributed by atoms with Crippen LogP contribution in [0, 0.1) is 0 Å². The van der Waals surface area contributed by atoms with Crippen LogP contribution in [-0.2, 0) is 71.8 Å². The number of rotatable bonds is 0. The van der Waals surface area contributed by atoms with Gasteiger partial charge in [0.05, 0.1) is 0 Å². The van der Waals surface area contributed by atoms with E-state index in [4.69, 9.17) is 0 Å². The third kappa shape index (κ3) is 8.89. The van der Waals surface area contributed by atoms with Crippen LogP contribution in [0.2, 0.25) is 0 Å². The Balaban J connectivity index is 0. The van der Waals surface area contributed by atoms with Gasteiger partial charge in [-0.2, -0.15) is 0 Å². The third-order valence-corrected chi connectivity index (χ3v) is 0. The van der Waals surface area contributed by atoms with Crippen LogP contribution in [0.5, 0.6) is 0 Å². The molecule has 0 fully saturated rings. The Hall–Kier alpha value is 2.18. The van der Waals surface area contributed by atoms with E-state index in [1.54, 1.807) is 0 Å². The zero-order valence-corrected chi connectivity index (χ0v) is 6.02. The van der Waals surface area contributed by atoms with Crippen molar-refractivity contribution in [2.75, 3.05) is 0 Å². The Bertz CT molecular complexity index is 4.00. The van der Waals surface area contributed by atoms with Gasteiger partial charge in [-0.3, -0.25) is 0 Å². The average Bonchev–Trinajstić information content (AvgIpc) is 0. The van der Waals surface area contributed by atoms with Crippen molar-refractivity contribution in [2.24, 2.45) is 0 Å². The minimum atomic E-state index is 0. The van der Waals surface area contributed by atoms with Gasteiger partial charge in [0, 0.05) is 0 Å². The van der Waals surface area contributed by atoms with Gasteiger partial charge in [-0.1, -0.05) is 0 Å². The average molecular weight is 280 g/mol. The molecule has 0 nitrogen and oxygen atoms in total. The second-order valence-corrected chi connectivity index (χ2v) is 0. The molecule has 0 saturated heterocycles.